The second-order valence-corrected chi connectivity index (χ2v) is 8.45. The van der Waals surface area contributed by atoms with E-state index in [0.717, 1.165) is 24.2 Å². The third-order valence-electron chi connectivity index (χ3n) is 4.65. The van der Waals surface area contributed by atoms with E-state index in [1.54, 1.807) is 0 Å². The molecule has 24 heavy (non-hydrogen) atoms. The number of nitrogens with one attached hydrogen (secondary N) is 1. The molecule has 2 aliphatic heterocycles. The minimum Gasteiger partial charge on any atom is -0.493 e. The highest BCUT2D eigenvalue weighted by Crippen LogP contribution is 2.26. The van der Waals surface area contributed by atoms with E-state index in [1.807, 2.05) is 24.3 Å². The zero-order chi connectivity index (χ0) is 17.0. The second-order valence-electron chi connectivity index (χ2n) is 6.36. The Morgan fingerprint density at radius 1 is 1.25 bits per heavy atom. The number of sulfonamides is 1. The summed E-state index contributed by atoms with van der Waals surface area (Å²) in [6, 6.07) is 7.74. The van der Waals surface area contributed by atoms with Crippen molar-refractivity contribution < 1.29 is 17.9 Å². The average molecular weight is 352 g/mol. The predicted molar refractivity (Wildman–Crippen MR) is 91.4 cm³/mol. The molecule has 0 saturated carbocycles. The molecule has 0 radical (unpaired) electrons. The number of rotatable bonds is 5. The summed E-state index contributed by atoms with van der Waals surface area (Å²) in [5.74, 6) is 0.540. The van der Waals surface area contributed by atoms with Crippen LogP contribution in [-0.4, -0.2) is 50.6 Å². The molecule has 2 aliphatic rings. The molecule has 1 aromatic carbocycles. The number of carbonyl (C=O) groups excluding carboxylic acids is 1. The zero-order valence-corrected chi connectivity index (χ0v) is 14.6. The Hall–Kier alpha value is -1.60. The first-order chi connectivity index (χ1) is 11.6. The van der Waals surface area contributed by atoms with Crippen LogP contribution in [0.25, 0.3) is 0 Å². The van der Waals surface area contributed by atoms with Gasteiger partial charge in [-0.1, -0.05) is 18.2 Å². The number of ether oxygens (including phenoxy) is 1. The van der Waals surface area contributed by atoms with E-state index in [2.05, 4.69) is 5.32 Å². The molecule has 0 aromatic heterocycles. The minimum atomic E-state index is -3.25. The van der Waals surface area contributed by atoms with Gasteiger partial charge in [0.25, 0.3) is 0 Å². The van der Waals surface area contributed by atoms with Gasteiger partial charge >= 0.3 is 0 Å². The molecule has 7 heteroatoms. The maximum atomic E-state index is 12.4. The van der Waals surface area contributed by atoms with Crippen LogP contribution in [-0.2, 0) is 21.2 Å². The Kier molecular flexibility index (Phi) is 5.40. The summed E-state index contributed by atoms with van der Waals surface area (Å²) in [7, 11) is -3.25. The van der Waals surface area contributed by atoms with Gasteiger partial charge in [-0.3, -0.25) is 4.79 Å². The van der Waals surface area contributed by atoms with E-state index in [-0.39, 0.29) is 24.1 Å². The van der Waals surface area contributed by atoms with Gasteiger partial charge in [0.2, 0.25) is 15.9 Å². The van der Waals surface area contributed by atoms with Crippen molar-refractivity contribution in [2.75, 3.05) is 32.0 Å². The van der Waals surface area contributed by atoms with Crippen molar-refractivity contribution in [3.8, 4) is 5.75 Å². The van der Waals surface area contributed by atoms with Gasteiger partial charge in [0.05, 0.1) is 12.4 Å². The third kappa shape index (κ3) is 4.08. The van der Waals surface area contributed by atoms with Crippen molar-refractivity contribution in [2.24, 2.45) is 5.92 Å². The summed E-state index contributed by atoms with van der Waals surface area (Å²) >= 11 is 0. The first-order valence-electron chi connectivity index (χ1n) is 8.52. The Morgan fingerprint density at radius 2 is 2.00 bits per heavy atom. The molecular weight excluding hydrogens is 328 g/mol. The van der Waals surface area contributed by atoms with E-state index < -0.39 is 10.0 Å². The molecule has 1 atom stereocenters. The highest BCUT2D eigenvalue weighted by Gasteiger charge is 2.26. The van der Waals surface area contributed by atoms with Gasteiger partial charge in [-0.25, -0.2) is 12.7 Å². The molecule has 132 valence electrons. The summed E-state index contributed by atoms with van der Waals surface area (Å²) in [6.45, 7) is 1.87. The molecule has 1 N–H and O–H groups in total. The molecule has 1 fully saturated rings. The molecule has 0 unspecified atom stereocenters. The van der Waals surface area contributed by atoms with Crippen LogP contribution >= 0.6 is 0 Å². The number of para-hydroxylation sites is 1. The molecule has 0 spiro atoms. The van der Waals surface area contributed by atoms with Gasteiger partial charge in [-0.15, -0.1) is 0 Å². The van der Waals surface area contributed by atoms with Gasteiger partial charge in [0, 0.05) is 25.6 Å². The zero-order valence-electron chi connectivity index (χ0n) is 13.7. The van der Waals surface area contributed by atoms with Crippen molar-refractivity contribution in [3.05, 3.63) is 29.8 Å². The Bertz CT molecular complexity index is 684. The summed E-state index contributed by atoms with van der Waals surface area (Å²) < 4.78 is 31.5. The topological polar surface area (TPSA) is 75.7 Å². The van der Waals surface area contributed by atoms with Crippen molar-refractivity contribution in [3.63, 3.8) is 0 Å². The third-order valence-corrected chi connectivity index (χ3v) is 6.52. The fourth-order valence-electron chi connectivity index (χ4n) is 3.26. The van der Waals surface area contributed by atoms with Crippen LogP contribution in [0, 0.1) is 5.92 Å². The van der Waals surface area contributed by atoms with Crippen LogP contribution in [0.4, 0.5) is 0 Å². The number of hydrogen-bond donors (Lipinski definition) is 1. The monoisotopic (exact) mass is 352 g/mol. The molecule has 6 nitrogen and oxygen atoms in total. The summed E-state index contributed by atoms with van der Waals surface area (Å²) in [6.07, 6.45) is 3.11. The van der Waals surface area contributed by atoms with E-state index in [9.17, 15) is 13.2 Å². The molecule has 0 aliphatic carbocycles. The smallest absolute Gasteiger partial charge is 0.223 e. The second kappa shape index (κ2) is 7.53. The summed E-state index contributed by atoms with van der Waals surface area (Å²) in [4.78, 5) is 12.4. The van der Waals surface area contributed by atoms with Crippen molar-refractivity contribution >= 4 is 15.9 Å². The fourth-order valence-corrected chi connectivity index (χ4v) is 4.69. The predicted octanol–water partition coefficient (Wildman–Crippen LogP) is 1.17. The Balaban J connectivity index is 1.52. The number of hydrogen-bond acceptors (Lipinski definition) is 4. The normalized spacial score (nSPS) is 21.6. The minimum absolute atomic E-state index is 0.0292. The van der Waals surface area contributed by atoms with Crippen LogP contribution in [0.2, 0.25) is 0 Å². The molecule has 2 heterocycles. The largest absolute Gasteiger partial charge is 0.493 e. The SMILES string of the molecule is O=C(NCCS(=O)(=O)N1CCCC1)[C@@H]1CCOc2ccccc2C1. The van der Waals surface area contributed by atoms with Gasteiger partial charge < -0.3 is 10.1 Å². The lowest BCUT2D eigenvalue weighted by molar-refractivity contribution is -0.125. The van der Waals surface area contributed by atoms with Crippen LogP contribution in [0.15, 0.2) is 24.3 Å². The van der Waals surface area contributed by atoms with Crippen molar-refractivity contribution in [1.82, 2.24) is 9.62 Å². The van der Waals surface area contributed by atoms with Crippen LogP contribution < -0.4 is 10.1 Å². The molecule has 1 amide bonds. The fraction of sp³-hybridized carbons (Fsp3) is 0.588. The lowest BCUT2D eigenvalue weighted by atomic mass is 9.96. The Labute approximate surface area is 143 Å². The molecular formula is C17H24N2O4S. The number of amides is 1. The molecule has 1 saturated heterocycles. The van der Waals surface area contributed by atoms with Crippen LogP contribution in [0.3, 0.4) is 0 Å². The number of carbonyl (C=O) groups is 1. The lowest BCUT2D eigenvalue weighted by Crippen LogP contribution is -2.38. The van der Waals surface area contributed by atoms with Crippen LogP contribution in [0.1, 0.15) is 24.8 Å². The molecule has 3 rings (SSSR count). The first-order valence-corrected chi connectivity index (χ1v) is 10.1. The number of nitrogens with zero attached hydrogens (tertiary/aromatic N) is 1. The van der Waals surface area contributed by atoms with Gasteiger partial charge in [-0.05, 0) is 37.3 Å². The Morgan fingerprint density at radius 3 is 2.79 bits per heavy atom. The highest BCUT2D eigenvalue weighted by molar-refractivity contribution is 7.89. The van der Waals surface area contributed by atoms with Crippen molar-refractivity contribution in [2.45, 2.75) is 25.7 Å². The quantitative estimate of drug-likeness (QED) is 0.863. The molecule has 1 aromatic rings. The lowest BCUT2D eigenvalue weighted by Gasteiger charge is -2.17. The number of fused-ring (bicyclic) bond motifs is 1. The summed E-state index contributed by atoms with van der Waals surface area (Å²) in [5.41, 5.74) is 1.03. The van der Waals surface area contributed by atoms with E-state index in [4.69, 9.17) is 4.74 Å². The molecule has 0 bridgehead atoms. The van der Waals surface area contributed by atoms with E-state index in [1.165, 1.54) is 4.31 Å². The van der Waals surface area contributed by atoms with Gasteiger partial charge in [0.15, 0.2) is 0 Å². The number of benzene rings is 1. The summed E-state index contributed by atoms with van der Waals surface area (Å²) in [5, 5.41) is 2.79. The first kappa shape index (κ1) is 17.2. The average Bonchev–Trinajstić information content (AvgIpc) is 3.02. The van der Waals surface area contributed by atoms with E-state index >= 15 is 0 Å². The standard InChI is InChI=1S/C17H24N2O4S/c20-17(18-8-12-24(21,22)19-9-3-4-10-19)15-7-11-23-16-6-2-1-5-14(16)13-15/h1-2,5-6,15H,3-4,7-13H2,(H,18,20)/t15-/m1/s1. The highest BCUT2D eigenvalue weighted by atomic mass is 32.2. The van der Waals surface area contributed by atoms with Crippen LogP contribution in [0.5, 0.6) is 5.75 Å². The van der Waals surface area contributed by atoms with Gasteiger partial charge in [0.1, 0.15) is 5.75 Å². The maximum absolute atomic E-state index is 12.4. The van der Waals surface area contributed by atoms with E-state index in [0.29, 0.717) is 32.5 Å². The van der Waals surface area contributed by atoms with Gasteiger partial charge in [-0.2, -0.15) is 0 Å². The maximum Gasteiger partial charge on any atom is 0.223 e. The van der Waals surface area contributed by atoms with Crippen molar-refractivity contribution in [1.29, 1.82) is 0 Å².